The molecule has 0 bridgehead atoms. The fraction of sp³-hybridized carbons (Fsp3) is 0.316. The van der Waals surface area contributed by atoms with Crippen molar-refractivity contribution in [3.63, 3.8) is 0 Å². The van der Waals surface area contributed by atoms with Crippen molar-refractivity contribution in [2.24, 2.45) is 0 Å². The lowest BCUT2D eigenvalue weighted by atomic mass is 9.85. The van der Waals surface area contributed by atoms with E-state index in [1.807, 2.05) is 0 Å². The molecule has 0 aliphatic carbocycles. The van der Waals surface area contributed by atoms with E-state index in [0.29, 0.717) is 0 Å². The van der Waals surface area contributed by atoms with E-state index < -0.39 is 0 Å². The molecule has 1 nitrogen and oxygen atoms in total. The standard InChI is InChI=1S/C38H43NS/c1-36(2,3)27-17-13-25(14-18-27)30-11-10-12-31(26-15-19-28(20-16-26)37(4,5)6)35(30)39-33-24-40-34-22-21-29(23-32(33)34)38(7,8)9/h10-24,39H,1-9H3. The number of anilines is 2. The number of para-hydroxylation sites is 1. The molecular formula is C38H43NS. The first-order valence-electron chi connectivity index (χ1n) is 14.4. The normalized spacial score (nSPS) is 12.6. The third kappa shape index (κ3) is 5.74. The number of fused-ring (bicyclic) bond motifs is 1. The second-order valence-corrected chi connectivity index (χ2v) is 15.0. The Morgan fingerprint density at radius 2 is 0.975 bits per heavy atom. The maximum Gasteiger partial charge on any atom is 0.0573 e. The van der Waals surface area contributed by atoms with Crippen LogP contribution in [-0.2, 0) is 16.2 Å². The third-order valence-corrected chi connectivity index (χ3v) is 8.85. The molecule has 0 aliphatic rings. The molecule has 0 radical (unpaired) electrons. The van der Waals surface area contributed by atoms with Crippen LogP contribution in [0.1, 0.15) is 79.0 Å². The van der Waals surface area contributed by atoms with Crippen LogP contribution in [-0.4, -0.2) is 0 Å². The first-order valence-corrected chi connectivity index (χ1v) is 15.2. The predicted octanol–water partition coefficient (Wildman–Crippen LogP) is 11.9. The van der Waals surface area contributed by atoms with Crippen molar-refractivity contribution in [2.45, 2.75) is 78.6 Å². The second kappa shape index (κ2) is 10.2. The zero-order chi connectivity index (χ0) is 28.9. The summed E-state index contributed by atoms with van der Waals surface area (Å²) in [6.45, 7) is 20.5. The molecule has 206 valence electrons. The molecule has 0 amide bonds. The minimum Gasteiger partial charge on any atom is -0.353 e. The van der Waals surface area contributed by atoms with Crippen molar-refractivity contribution < 1.29 is 0 Å². The average Bonchev–Trinajstić information content (AvgIpc) is 3.29. The summed E-state index contributed by atoms with van der Waals surface area (Å²) in [4.78, 5) is 0. The van der Waals surface area contributed by atoms with Crippen molar-refractivity contribution in [1.29, 1.82) is 0 Å². The molecule has 40 heavy (non-hydrogen) atoms. The molecule has 0 saturated heterocycles. The molecule has 4 aromatic carbocycles. The van der Waals surface area contributed by atoms with Gasteiger partial charge in [-0.3, -0.25) is 0 Å². The van der Waals surface area contributed by atoms with E-state index in [1.165, 1.54) is 49.0 Å². The van der Waals surface area contributed by atoms with Crippen molar-refractivity contribution in [2.75, 3.05) is 5.32 Å². The molecule has 0 fully saturated rings. The lowest BCUT2D eigenvalue weighted by Crippen LogP contribution is -2.10. The number of hydrogen-bond donors (Lipinski definition) is 1. The van der Waals surface area contributed by atoms with Crippen molar-refractivity contribution in [3.8, 4) is 22.3 Å². The van der Waals surface area contributed by atoms with Crippen LogP contribution in [0, 0.1) is 0 Å². The Morgan fingerprint density at radius 3 is 1.43 bits per heavy atom. The zero-order valence-electron chi connectivity index (χ0n) is 25.6. The van der Waals surface area contributed by atoms with Gasteiger partial charge in [-0.1, -0.05) is 135 Å². The quantitative estimate of drug-likeness (QED) is 0.237. The van der Waals surface area contributed by atoms with E-state index in [1.54, 1.807) is 11.3 Å². The first-order chi connectivity index (χ1) is 18.7. The Kier molecular flexibility index (Phi) is 7.21. The first kappa shape index (κ1) is 28.2. The van der Waals surface area contributed by atoms with Crippen LogP contribution in [0.3, 0.4) is 0 Å². The molecule has 0 unspecified atom stereocenters. The number of nitrogens with one attached hydrogen (secondary N) is 1. The lowest BCUT2D eigenvalue weighted by molar-refractivity contribution is 0.590. The molecule has 1 N–H and O–H groups in total. The van der Waals surface area contributed by atoms with E-state index in [4.69, 9.17) is 0 Å². The van der Waals surface area contributed by atoms with Gasteiger partial charge < -0.3 is 5.32 Å². The van der Waals surface area contributed by atoms with Gasteiger partial charge >= 0.3 is 0 Å². The van der Waals surface area contributed by atoms with Crippen LogP contribution in [0.25, 0.3) is 32.3 Å². The van der Waals surface area contributed by atoms with E-state index in [2.05, 4.69) is 158 Å². The highest BCUT2D eigenvalue weighted by Gasteiger charge is 2.20. The van der Waals surface area contributed by atoms with E-state index in [-0.39, 0.29) is 16.2 Å². The summed E-state index contributed by atoms with van der Waals surface area (Å²) in [6.07, 6.45) is 0. The molecule has 1 heterocycles. The van der Waals surface area contributed by atoms with Gasteiger partial charge in [-0.05, 0) is 56.2 Å². The number of thiophene rings is 1. The minimum absolute atomic E-state index is 0.0973. The van der Waals surface area contributed by atoms with Crippen molar-refractivity contribution in [3.05, 3.63) is 107 Å². The van der Waals surface area contributed by atoms with E-state index in [0.717, 1.165) is 11.4 Å². The number of rotatable bonds is 4. The largest absolute Gasteiger partial charge is 0.353 e. The van der Waals surface area contributed by atoms with Gasteiger partial charge in [0.1, 0.15) is 0 Å². The van der Waals surface area contributed by atoms with Crippen LogP contribution < -0.4 is 5.32 Å². The monoisotopic (exact) mass is 545 g/mol. The third-order valence-electron chi connectivity index (χ3n) is 7.89. The molecule has 0 aliphatic heterocycles. The molecule has 0 saturated carbocycles. The Labute approximate surface area is 245 Å². The van der Waals surface area contributed by atoms with Gasteiger partial charge in [0.05, 0.1) is 11.4 Å². The lowest BCUT2D eigenvalue weighted by Gasteiger charge is -2.22. The van der Waals surface area contributed by atoms with Gasteiger partial charge in [-0.25, -0.2) is 0 Å². The Hall–Kier alpha value is -3.36. The summed E-state index contributed by atoms with van der Waals surface area (Å²) < 4.78 is 1.30. The zero-order valence-corrected chi connectivity index (χ0v) is 26.4. The maximum absolute atomic E-state index is 3.94. The molecule has 2 heteroatoms. The van der Waals surface area contributed by atoms with Gasteiger partial charge in [0.2, 0.25) is 0 Å². The molecule has 5 rings (SSSR count). The van der Waals surface area contributed by atoms with Gasteiger partial charge in [0.25, 0.3) is 0 Å². The average molecular weight is 546 g/mol. The smallest absolute Gasteiger partial charge is 0.0573 e. The van der Waals surface area contributed by atoms with Gasteiger partial charge in [0.15, 0.2) is 0 Å². The molecular weight excluding hydrogens is 502 g/mol. The summed E-state index contributed by atoms with van der Waals surface area (Å²) in [5, 5.41) is 7.49. The fourth-order valence-corrected chi connectivity index (χ4v) is 6.07. The SMILES string of the molecule is CC(C)(C)c1ccc(-c2cccc(-c3ccc(C(C)(C)C)cc3)c2Nc2csc3ccc(C(C)(C)C)cc23)cc1. The summed E-state index contributed by atoms with van der Waals surface area (Å²) in [5.74, 6) is 0. The van der Waals surface area contributed by atoms with Crippen LogP contribution in [0.4, 0.5) is 11.4 Å². The summed E-state index contributed by atoms with van der Waals surface area (Å²) >= 11 is 1.80. The highest BCUT2D eigenvalue weighted by Crippen LogP contribution is 2.43. The molecule has 0 spiro atoms. The Balaban J connectivity index is 1.67. The molecule has 5 aromatic rings. The maximum atomic E-state index is 3.94. The summed E-state index contributed by atoms with van der Waals surface area (Å²) in [5.41, 5.74) is 11.6. The van der Waals surface area contributed by atoms with Gasteiger partial charge in [-0.2, -0.15) is 0 Å². The van der Waals surface area contributed by atoms with E-state index in [9.17, 15) is 0 Å². The van der Waals surface area contributed by atoms with Gasteiger partial charge in [0, 0.05) is 26.6 Å². The van der Waals surface area contributed by atoms with Crippen molar-refractivity contribution >= 4 is 32.8 Å². The Morgan fingerprint density at radius 1 is 0.525 bits per heavy atom. The number of benzene rings is 4. The number of hydrogen-bond acceptors (Lipinski definition) is 2. The van der Waals surface area contributed by atoms with Gasteiger partial charge in [-0.15, -0.1) is 11.3 Å². The highest BCUT2D eigenvalue weighted by molar-refractivity contribution is 7.17. The van der Waals surface area contributed by atoms with Crippen molar-refractivity contribution in [1.82, 2.24) is 0 Å². The summed E-state index contributed by atoms with van der Waals surface area (Å²) in [6, 6.07) is 31.8. The predicted molar refractivity (Wildman–Crippen MR) is 179 cm³/mol. The molecule has 0 atom stereocenters. The van der Waals surface area contributed by atoms with Crippen LogP contribution in [0.5, 0.6) is 0 Å². The summed E-state index contributed by atoms with van der Waals surface area (Å²) in [7, 11) is 0. The minimum atomic E-state index is 0.0973. The Bertz CT molecular complexity index is 1550. The topological polar surface area (TPSA) is 12.0 Å². The molecule has 1 aromatic heterocycles. The van der Waals surface area contributed by atoms with Crippen LogP contribution >= 0.6 is 11.3 Å². The van der Waals surface area contributed by atoms with E-state index >= 15 is 0 Å². The van der Waals surface area contributed by atoms with Crippen LogP contribution in [0.2, 0.25) is 0 Å². The fourth-order valence-electron chi connectivity index (χ4n) is 5.19. The van der Waals surface area contributed by atoms with Crippen LogP contribution in [0.15, 0.2) is 90.3 Å². The second-order valence-electron chi connectivity index (χ2n) is 14.1. The highest BCUT2D eigenvalue weighted by atomic mass is 32.1.